The maximum atomic E-state index is 13.1. The van der Waals surface area contributed by atoms with Crippen molar-refractivity contribution < 1.29 is 31.5 Å². The van der Waals surface area contributed by atoms with E-state index in [9.17, 15) is 32.0 Å². The maximum absolute atomic E-state index is 13.1. The molecule has 1 saturated carbocycles. The summed E-state index contributed by atoms with van der Waals surface area (Å²) in [6.45, 7) is 1.26. The first-order chi connectivity index (χ1) is 14.5. The van der Waals surface area contributed by atoms with Crippen molar-refractivity contribution in [1.82, 2.24) is 4.98 Å². The molecule has 1 aliphatic carbocycles. The zero-order valence-electron chi connectivity index (χ0n) is 16.6. The smallest absolute Gasteiger partial charge is 0.425 e. The van der Waals surface area contributed by atoms with Crippen LogP contribution < -0.4 is 5.32 Å². The van der Waals surface area contributed by atoms with E-state index in [4.69, 9.17) is 0 Å². The van der Waals surface area contributed by atoms with E-state index in [1.807, 2.05) is 0 Å². The summed E-state index contributed by atoms with van der Waals surface area (Å²) in [5, 5.41) is 12.2. The van der Waals surface area contributed by atoms with Crippen LogP contribution in [0.15, 0.2) is 23.2 Å². The monoisotopic (exact) mass is 474 g/mol. The van der Waals surface area contributed by atoms with Crippen LogP contribution in [0.2, 0.25) is 0 Å². The molecule has 2 N–H and O–H groups in total. The van der Waals surface area contributed by atoms with Gasteiger partial charge in [0.2, 0.25) is 4.90 Å². The number of carbonyl (C=O) groups excluding carboxylic acids is 1. The van der Waals surface area contributed by atoms with Crippen molar-refractivity contribution in [3.8, 4) is 6.07 Å². The molecular formula is C19H19F3N3O4S2+. The van der Waals surface area contributed by atoms with Crippen molar-refractivity contribution in [3.05, 3.63) is 39.2 Å². The van der Waals surface area contributed by atoms with Crippen molar-refractivity contribution in [2.24, 2.45) is 0 Å². The molecule has 2 aromatic heterocycles. The van der Waals surface area contributed by atoms with Gasteiger partial charge >= 0.3 is 12.1 Å². The van der Waals surface area contributed by atoms with Crippen LogP contribution in [0, 0.1) is 11.3 Å². The molecule has 2 aromatic rings. The van der Waals surface area contributed by atoms with Crippen molar-refractivity contribution in [3.63, 3.8) is 0 Å². The number of hydrogen-bond acceptors (Lipinski definition) is 7. The summed E-state index contributed by atoms with van der Waals surface area (Å²) in [6.07, 6.45) is -1.97. The first-order valence-corrected chi connectivity index (χ1v) is 11.7. The third-order valence-corrected chi connectivity index (χ3v) is 7.99. The number of aromatic nitrogens is 1. The molecule has 0 radical (unpaired) electrons. The molecule has 0 aromatic carbocycles. The van der Waals surface area contributed by atoms with Gasteiger partial charge in [0.1, 0.15) is 15.5 Å². The van der Waals surface area contributed by atoms with Crippen molar-refractivity contribution in [2.75, 3.05) is 18.2 Å². The van der Waals surface area contributed by atoms with Gasteiger partial charge in [0.25, 0.3) is 10.2 Å². The average Bonchev–Trinajstić information content (AvgIpc) is 3.42. The summed E-state index contributed by atoms with van der Waals surface area (Å²) in [6, 6.07) is 4.48. The number of methoxy groups -OCH3 is 1. The third kappa shape index (κ3) is 4.58. The largest absolute Gasteiger partial charge is 0.465 e. The predicted octanol–water partition coefficient (Wildman–Crippen LogP) is 4.47. The van der Waals surface area contributed by atoms with E-state index in [1.54, 1.807) is 0 Å². The standard InChI is InChI=1S/C19H18F3N3O4S2/c1-3-31(27,28)13-7-12(18(10-23)4-5-18)9-25-16(13)24-8-11-6-14(19(20,21)22)30-15(11)17(26)29-2/h6-7,9H,3-5,8H2,1-2H3,(H-,24,25,27,28)/p+1. The molecule has 0 aliphatic heterocycles. The Kier molecular flexibility index (Phi) is 6.14. The fraction of sp³-hybridized carbons (Fsp3) is 0.421. The molecule has 2 heterocycles. The van der Waals surface area contributed by atoms with Crippen LogP contribution >= 0.6 is 11.3 Å². The number of halogens is 3. The number of rotatable bonds is 7. The first-order valence-electron chi connectivity index (χ1n) is 9.15. The van der Waals surface area contributed by atoms with Crippen LogP contribution in [0.3, 0.4) is 0 Å². The molecule has 12 heteroatoms. The lowest BCUT2D eigenvalue weighted by atomic mass is 10.00. The quantitative estimate of drug-likeness (QED) is 0.450. The van der Waals surface area contributed by atoms with E-state index in [0.29, 0.717) is 18.4 Å². The number of carbonyl (C=O) groups is 1. The third-order valence-electron chi connectivity index (χ3n) is 5.01. The minimum absolute atomic E-state index is 0.00224. The molecule has 166 valence electrons. The summed E-state index contributed by atoms with van der Waals surface area (Å²) in [7, 11) is -2.43. The highest BCUT2D eigenvalue weighted by Crippen LogP contribution is 2.48. The number of nitriles is 1. The fourth-order valence-corrected chi connectivity index (χ4v) is 4.99. The van der Waals surface area contributed by atoms with Crippen LogP contribution in [-0.4, -0.2) is 28.4 Å². The Morgan fingerprint density at radius 2 is 2.13 bits per heavy atom. The zero-order valence-corrected chi connectivity index (χ0v) is 18.2. The number of esters is 1. The lowest BCUT2D eigenvalue weighted by Gasteiger charge is -2.13. The van der Waals surface area contributed by atoms with Gasteiger partial charge in [-0.1, -0.05) is 4.21 Å². The van der Waals surface area contributed by atoms with Crippen molar-refractivity contribution >= 4 is 33.3 Å². The van der Waals surface area contributed by atoms with Gasteiger partial charge in [-0.15, -0.1) is 11.3 Å². The minimum atomic E-state index is -4.63. The Morgan fingerprint density at radius 1 is 1.45 bits per heavy atom. The zero-order chi connectivity index (χ0) is 23.0. The summed E-state index contributed by atoms with van der Waals surface area (Å²) in [5.41, 5.74) is -0.176. The SMILES string of the molecule is CC[S+](=O)(O)c1cc(C2(C#N)CC2)cnc1NCc1cc(C(F)(F)F)sc1C(=O)OC. The van der Waals surface area contributed by atoms with E-state index in [-0.39, 0.29) is 44.8 Å². The molecule has 0 saturated heterocycles. The number of hydrogen-bond donors (Lipinski definition) is 2. The molecule has 31 heavy (non-hydrogen) atoms. The molecule has 0 amide bonds. The highest BCUT2D eigenvalue weighted by Gasteiger charge is 2.47. The van der Waals surface area contributed by atoms with Crippen molar-refractivity contribution in [1.29, 1.82) is 5.26 Å². The Hall–Kier alpha value is -2.49. The van der Waals surface area contributed by atoms with Crippen molar-refractivity contribution in [2.45, 2.75) is 42.8 Å². The second kappa shape index (κ2) is 8.22. The van der Waals surface area contributed by atoms with E-state index >= 15 is 0 Å². The van der Waals surface area contributed by atoms with Gasteiger partial charge in [0, 0.05) is 18.8 Å². The predicted molar refractivity (Wildman–Crippen MR) is 108 cm³/mol. The highest BCUT2D eigenvalue weighted by molar-refractivity contribution is 7.97. The van der Waals surface area contributed by atoms with Gasteiger partial charge in [-0.2, -0.15) is 23.0 Å². The summed E-state index contributed by atoms with van der Waals surface area (Å²) < 4.78 is 67.0. The molecule has 1 fully saturated rings. The summed E-state index contributed by atoms with van der Waals surface area (Å²) in [4.78, 5) is 14.9. The molecular weight excluding hydrogens is 455 g/mol. The van der Waals surface area contributed by atoms with Gasteiger partial charge in [-0.25, -0.2) is 9.78 Å². The van der Waals surface area contributed by atoms with Crippen LogP contribution in [0.25, 0.3) is 0 Å². The molecule has 7 nitrogen and oxygen atoms in total. The number of ether oxygens (including phenoxy) is 1. The lowest BCUT2D eigenvalue weighted by molar-refractivity contribution is -0.134. The van der Waals surface area contributed by atoms with E-state index in [2.05, 4.69) is 21.1 Å². The van der Waals surface area contributed by atoms with Gasteiger partial charge in [-0.3, -0.25) is 0 Å². The molecule has 0 bridgehead atoms. The minimum Gasteiger partial charge on any atom is -0.465 e. The van der Waals surface area contributed by atoms with E-state index in [0.717, 1.165) is 13.2 Å². The number of nitrogens with one attached hydrogen (secondary N) is 1. The first kappa shape index (κ1) is 23.2. The molecule has 0 spiro atoms. The second-order valence-corrected chi connectivity index (χ2v) is 10.4. The highest BCUT2D eigenvalue weighted by atomic mass is 32.3. The Morgan fingerprint density at radius 3 is 2.65 bits per heavy atom. The van der Waals surface area contributed by atoms with Gasteiger partial charge in [0.05, 0.1) is 18.6 Å². The van der Waals surface area contributed by atoms with Gasteiger partial charge in [-0.05, 0) is 37.0 Å². The fourth-order valence-electron chi connectivity index (χ4n) is 2.97. The van der Waals surface area contributed by atoms with Crippen LogP contribution in [0.1, 0.15) is 45.4 Å². The topological polar surface area (TPSA) is 112 Å². The molecule has 3 rings (SSSR count). The lowest BCUT2D eigenvalue weighted by Crippen LogP contribution is -2.18. The molecule has 1 aliphatic rings. The maximum Gasteiger partial charge on any atom is 0.425 e. The van der Waals surface area contributed by atoms with Gasteiger partial charge in [0.15, 0.2) is 5.82 Å². The number of nitrogens with zero attached hydrogens (tertiary/aromatic N) is 2. The summed E-state index contributed by atoms with van der Waals surface area (Å²) >= 11 is 0.264. The Balaban J connectivity index is 1.97. The Bertz CT molecular complexity index is 1100. The summed E-state index contributed by atoms with van der Waals surface area (Å²) in [5.74, 6) is -1.02. The number of anilines is 1. The molecule has 1 unspecified atom stereocenters. The van der Waals surface area contributed by atoms with Gasteiger partial charge < -0.3 is 10.1 Å². The molecule has 1 atom stereocenters. The Labute approximate surface area is 181 Å². The number of thiophene rings is 1. The van der Waals surface area contributed by atoms with Crippen LogP contribution in [0.4, 0.5) is 19.0 Å². The normalized spacial score (nSPS) is 16.8. The van der Waals surface area contributed by atoms with Crippen LogP contribution in [-0.2, 0) is 37.3 Å². The average molecular weight is 475 g/mol. The number of alkyl halides is 3. The number of pyridine rings is 1. The van der Waals surface area contributed by atoms with E-state index < -0.39 is 32.7 Å². The van der Waals surface area contributed by atoms with E-state index in [1.165, 1.54) is 19.2 Å². The second-order valence-electron chi connectivity index (χ2n) is 7.00. The van der Waals surface area contributed by atoms with Crippen LogP contribution in [0.5, 0.6) is 0 Å².